The van der Waals surface area contributed by atoms with Crippen LogP contribution >= 0.6 is 22.6 Å². The highest BCUT2D eigenvalue weighted by Gasteiger charge is 2.20. The van der Waals surface area contributed by atoms with Gasteiger partial charge in [0.05, 0.1) is 23.5 Å². The molecule has 1 aliphatic carbocycles. The van der Waals surface area contributed by atoms with Crippen molar-refractivity contribution in [2.45, 2.75) is 25.4 Å². The smallest absolute Gasteiger partial charge is 0.152 e. The van der Waals surface area contributed by atoms with Crippen LogP contribution in [0.5, 0.6) is 0 Å². The first-order valence-corrected chi connectivity index (χ1v) is 14.4. The first-order valence-electron chi connectivity index (χ1n) is 13.3. The fourth-order valence-electron chi connectivity index (χ4n) is 3.95. The lowest BCUT2D eigenvalue weighted by atomic mass is 10.1. The van der Waals surface area contributed by atoms with E-state index in [9.17, 15) is 22.8 Å². The fourth-order valence-corrected chi connectivity index (χ4v) is 4.41. The third-order valence-corrected chi connectivity index (χ3v) is 7.18. The van der Waals surface area contributed by atoms with Crippen LogP contribution in [0.15, 0.2) is 79.4 Å². The topological polar surface area (TPSA) is 81.8 Å². The molecular formula is C32H29F3IN5O2. The lowest BCUT2D eigenvalue weighted by molar-refractivity contribution is 0.111. The minimum absolute atomic E-state index is 0.0719. The zero-order chi connectivity index (χ0) is 30.9. The van der Waals surface area contributed by atoms with E-state index >= 15 is 0 Å². The summed E-state index contributed by atoms with van der Waals surface area (Å²) in [5, 5.41) is 11.4. The molecular weight excluding hydrogens is 670 g/mol. The highest BCUT2D eigenvalue weighted by atomic mass is 127. The van der Waals surface area contributed by atoms with Gasteiger partial charge in [-0.25, -0.2) is 13.2 Å². The first-order chi connectivity index (χ1) is 20.7. The van der Waals surface area contributed by atoms with Crippen LogP contribution in [0.4, 0.5) is 13.2 Å². The average Bonchev–Trinajstić information content (AvgIpc) is 3.55. The summed E-state index contributed by atoms with van der Waals surface area (Å²) < 4.78 is 44.0. The van der Waals surface area contributed by atoms with Gasteiger partial charge in [-0.1, -0.05) is 18.2 Å². The molecule has 1 fully saturated rings. The molecule has 11 heteroatoms. The largest absolute Gasteiger partial charge is 0.310 e. The van der Waals surface area contributed by atoms with E-state index in [1.807, 2.05) is 48.0 Å². The zero-order valence-corrected chi connectivity index (χ0v) is 25.6. The fraction of sp³-hybridized carbons (Fsp3) is 0.188. The molecule has 0 aliphatic heterocycles. The molecule has 2 heterocycles. The van der Waals surface area contributed by atoms with Gasteiger partial charge in [-0.15, -0.1) is 0 Å². The molecule has 5 aromatic rings. The molecule has 1 saturated carbocycles. The molecule has 222 valence electrons. The van der Waals surface area contributed by atoms with Gasteiger partial charge in [0.15, 0.2) is 12.6 Å². The molecule has 0 amide bonds. The second-order valence-corrected chi connectivity index (χ2v) is 11.2. The van der Waals surface area contributed by atoms with Crippen LogP contribution in [0, 0.1) is 21.0 Å². The lowest BCUT2D eigenvalue weighted by Gasteiger charge is -2.06. The summed E-state index contributed by atoms with van der Waals surface area (Å²) in [5.41, 5.74) is 4.27. The van der Waals surface area contributed by atoms with E-state index in [0.717, 1.165) is 25.8 Å². The molecule has 0 spiro atoms. The Morgan fingerprint density at radius 2 is 1.28 bits per heavy atom. The average molecular weight is 700 g/mol. The number of carbonyl (C=O) groups is 2. The summed E-state index contributed by atoms with van der Waals surface area (Å²) in [6.45, 7) is 0.615. The minimum Gasteiger partial charge on any atom is -0.310 e. The molecule has 6 rings (SSSR count). The minimum atomic E-state index is -0.508. The maximum atomic E-state index is 13.9. The van der Waals surface area contributed by atoms with E-state index in [4.69, 9.17) is 0 Å². The Kier molecular flexibility index (Phi) is 11.0. The van der Waals surface area contributed by atoms with Crippen LogP contribution in [0.2, 0.25) is 0 Å². The van der Waals surface area contributed by atoms with Crippen molar-refractivity contribution in [3.63, 3.8) is 0 Å². The quantitative estimate of drug-likeness (QED) is 0.150. The number of nitrogens with zero attached hydrogens (tertiary/aromatic N) is 4. The van der Waals surface area contributed by atoms with Crippen LogP contribution in [0.25, 0.3) is 22.3 Å². The Bertz CT molecular complexity index is 1720. The zero-order valence-electron chi connectivity index (χ0n) is 23.5. The van der Waals surface area contributed by atoms with E-state index in [2.05, 4.69) is 15.5 Å². The molecule has 0 unspecified atom stereocenters. The van der Waals surface area contributed by atoms with Crippen molar-refractivity contribution in [1.82, 2.24) is 24.9 Å². The van der Waals surface area contributed by atoms with Crippen LogP contribution in [0.3, 0.4) is 0 Å². The standard InChI is InChI=1S/C14H16FN3.C11H9FN2O.C7H4FIO/c1-18-9-12(8-17-18)10-2-3-11(14(15)6-10)7-16-13-4-5-13;1-14-6-10(5-13-14)8-2-3-9(7-15)11(12)4-8;8-7-3-6(9)2-1-5(7)4-10/h2-3,6,8-9,13,16H,4-5,7H2,1H3;2-7H,1H3;1-4H. The number of aryl methyl sites for hydroxylation is 2. The summed E-state index contributed by atoms with van der Waals surface area (Å²) in [5.74, 6) is -1.11. The van der Waals surface area contributed by atoms with Gasteiger partial charge in [0.1, 0.15) is 17.5 Å². The van der Waals surface area contributed by atoms with Crippen LogP contribution in [-0.4, -0.2) is 38.2 Å². The summed E-state index contributed by atoms with van der Waals surface area (Å²) in [4.78, 5) is 20.5. The number of halogens is 4. The van der Waals surface area contributed by atoms with Crippen molar-refractivity contribution in [2.24, 2.45) is 14.1 Å². The van der Waals surface area contributed by atoms with E-state index in [1.54, 1.807) is 53.2 Å². The molecule has 0 atom stereocenters. The van der Waals surface area contributed by atoms with Crippen LogP contribution in [-0.2, 0) is 20.6 Å². The highest BCUT2D eigenvalue weighted by molar-refractivity contribution is 14.1. The number of rotatable bonds is 7. The van der Waals surface area contributed by atoms with E-state index in [0.29, 0.717) is 30.7 Å². The van der Waals surface area contributed by atoms with Gasteiger partial charge in [-0.2, -0.15) is 10.2 Å². The van der Waals surface area contributed by atoms with Crippen molar-refractivity contribution in [1.29, 1.82) is 0 Å². The van der Waals surface area contributed by atoms with Gasteiger partial charge in [-0.3, -0.25) is 19.0 Å². The van der Waals surface area contributed by atoms with Gasteiger partial charge in [0.25, 0.3) is 0 Å². The van der Waals surface area contributed by atoms with Crippen molar-refractivity contribution in [3.05, 3.63) is 117 Å². The third kappa shape index (κ3) is 9.19. The Morgan fingerprint density at radius 3 is 1.72 bits per heavy atom. The molecule has 0 saturated heterocycles. The molecule has 2 aromatic heterocycles. The van der Waals surface area contributed by atoms with Gasteiger partial charge in [0.2, 0.25) is 0 Å². The van der Waals surface area contributed by atoms with Gasteiger partial charge in [-0.05, 0) is 83.0 Å². The Labute approximate surface area is 260 Å². The highest BCUT2D eigenvalue weighted by Crippen LogP contribution is 2.23. The maximum Gasteiger partial charge on any atom is 0.152 e. The second kappa shape index (κ2) is 14.9. The summed E-state index contributed by atoms with van der Waals surface area (Å²) >= 11 is 1.98. The number of aromatic nitrogens is 4. The number of hydrogen-bond acceptors (Lipinski definition) is 5. The van der Waals surface area contributed by atoms with Gasteiger partial charge < -0.3 is 5.32 Å². The van der Waals surface area contributed by atoms with Crippen molar-refractivity contribution < 1.29 is 22.8 Å². The SMILES string of the molecule is Cn1cc(-c2ccc(C=O)c(F)c2)cn1.Cn1cc(-c2ccc(CNC3CC3)c(F)c2)cn1.O=Cc1ccc(I)cc1F. The number of nitrogens with one attached hydrogen (secondary N) is 1. The predicted molar refractivity (Wildman–Crippen MR) is 167 cm³/mol. The first kappa shape index (κ1) is 31.8. The second-order valence-electron chi connectivity index (χ2n) is 9.90. The van der Waals surface area contributed by atoms with Crippen molar-refractivity contribution in [3.8, 4) is 22.3 Å². The maximum absolute atomic E-state index is 13.9. The molecule has 0 bridgehead atoms. The molecule has 0 radical (unpaired) electrons. The van der Waals surface area contributed by atoms with Gasteiger partial charge in [0, 0.05) is 59.3 Å². The van der Waals surface area contributed by atoms with Crippen molar-refractivity contribution >= 4 is 35.2 Å². The number of benzene rings is 3. The molecule has 3 aromatic carbocycles. The lowest BCUT2D eigenvalue weighted by Crippen LogP contribution is -2.16. The summed E-state index contributed by atoms with van der Waals surface area (Å²) in [6.07, 6.45) is 10.5. The van der Waals surface area contributed by atoms with Crippen molar-refractivity contribution in [2.75, 3.05) is 0 Å². The van der Waals surface area contributed by atoms with E-state index in [1.165, 1.54) is 37.1 Å². The van der Waals surface area contributed by atoms with Gasteiger partial charge >= 0.3 is 0 Å². The normalized spacial score (nSPS) is 12.0. The number of hydrogen-bond donors (Lipinski definition) is 1. The molecule has 7 nitrogen and oxygen atoms in total. The third-order valence-electron chi connectivity index (χ3n) is 6.50. The number of aldehydes is 2. The van der Waals surface area contributed by atoms with Crippen LogP contribution < -0.4 is 5.32 Å². The monoisotopic (exact) mass is 699 g/mol. The summed E-state index contributed by atoms with van der Waals surface area (Å²) in [6, 6.07) is 15.0. The van der Waals surface area contributed by atoms with E-state index < -0.39 is 11.6 Å². The van der Waals surface area contributed by atoms with Crippen LogP contribution in [0.1, 0.15) is 39.1 Å². The Hall–Kier alpha value is -4.10. The predicted octanol–water partition coefficient (Wildman–Crippen LogP) is 6.76. The van der Waals surface area contributed by atoms with E-state index in [-0.39, 0.29) is 16.9 Å². The number of carbonyl (C=O) groups excluding carboxylic acids is 2. The Balaban J connectivity index is 0.000000154. The summed E-state index contributed by atoms with van der Waals surface area (Å²) in [7, 11) is 3.65. The molecule has 1 aliphatic rings. The molecule has 43 heavy (non-hydrogen) atoms. The Morgan fingerprint density at radius 1 is 0.767 bits per heavy atom. The molecule has 1 N–H and O–H groups in total.